The molecule has 0 bridgehead atoms. The molecule has 1 N–H and O–H groups in total. The second kappa shape index (κ2) is 8.72. The Labute approximate surface area is 94.2 Å². The standard InChI is InChI=1S/C12H26N2O/c1-5-14(6-2)10-8-7-9-13-12(15)11(3)4/h11H,5-10H2,1-4H3,(H,13,15). The van der Waals surface area contributed by atoms with Crippen LogP contribution >= 0.6 is 0 Å². The molecule has 3 nitrogen and oxygen atoms in total. The summed E-state index contributed by atoms with van der Waals surface area (Å²) < 4.78 is 0. The highest BCUT2D eigenvalue weighted by atomic mass is 16.1. The van der Waals surface area contributed by atoms with E-state index in [1.807, 2.05) is 13.8 Å². The lowest BCUT2D eigenvalue weighted by Crippen LogP contribution is -2.29. The van der Waals surface area contributed by atoms with E-state index in [4.69, 9.17) is 0 Å². The maximum atomic E-state index is 11.2. The van der Waals surface area contributed by atoms with Crippen molar-refractivity contribution < 1.29 is 4.79 Å². The van der Waals surface area contributed by atoms with Gasteiger partial charge in [-0.25, -0.2) is 0 Å². The van der Waals surface area contributed by atoms with Crippen molar-refractivity contribution in [1.82, 2.24) is 10.2 Å². The van der Waals surface area contributed by atoms with Crippen molar-refractivity contribution in [3.8, 4) is 0 Å². The topological polar surface area (TPSA) is 32.3 Å². The third kappa shape index (κ3) is 7.37. The highest BCUT2D eigenvalue weighted by molar-refractivity contribution is 5.77. The molecule has 0 aliphatic heterocycles. The number of amides is 1. The molecule has 0 atom stereocenters. The van der Waals surface area contributed by atoms with Crippen molar-refractivity contribution in [2.24, 2.45) is 5.92 Å². The molecule has 3 heteroatoms. The van der Waals surface area contributed by atoms with E-state index < -0.39 is 0 Å². The monoisotopic (exact) mass is 214 g/mol. The lowest BCUT2D eigenvalue weighted by Gasteiger charge is -2.17. The van der Waals surface area contributed by atoms with Gasteiger partial charge in [0.25, 0.3) is 0 Å². The Balaban J connectivity index is 3.35. The molecule has 0 unspecified atom stereocenters. The Morgan fingerprint density at radius 2 is 1.80 bits per heavy atom. The minimum Gasteiger partial charge on any atom is -0.356 e. The molecule has 0 radical (unpaired) electrons. The number of nitrogens with zero attached hydrogens (tertiary/aromatic N) is 1. The van der Waals surface area contributed by atoms with Crippen LogP contribution < -0.4 is 5.32 Å². The van der Waals surface area contributed by atoms with Gasteiger partial charge < -0.3 is 10.2 Å². The molecule has 0 fully saturated rings. The summed E-state index contributed by atoms with van der Waals surface area (Å²) in [6, 6.07) is 0. The first-order valence-electron chi connectivity index (χ1n) is 6.11. The first-order valence-corrected chi connectivity index (χ1v) is 6.11. The van der Waals surface area contributed by atoms with Crippen LogP contribution in [0.1, 0.15) is 40.5 Å². The molecule has 0 aliphatic rings. The first-order chi connectivity index (χ1) is 7.11. The predicted molar refractivity (Wildman–Crippen MR) is 64.9 cm³/mol. The summed E-state index contributed by atoms with van der Waals surface area (Å²) >= 11 is 0. The average molecular weight is 214 g/mol. The molecule has 1 amide bonds. The molecule has 0 aromatic rings. The van der Waals surface area contributed by atoms with E-state index in [0.717, 1.165) is 32.6 Å². The van der Waals surface area contributed by atoms with E-state index in [9.17, 15) is 4.79 Å². The zero-order valence-corrected chi connectivity index (χ0v) is 10.7. The maximum Gasteiger partial charge on any atom is 0.222 e. The fraction of sp³-hybridized carbons (Fsp3) is 0.917. The lowest BCUT2D eigenvalue weighted by atomic mass is 10.2. The molecule has 0 aromatic carbocycles. The highest BCUT2D eigenvalue weighted by Crippen LogP contribution is 1.95. The van der Waals surface area contributed by atoms with Crippen LogP contribution in [0.15, 0.2) is 0 Å². The summed E-state index contributed by atoms with van der Waals surface area (Å²) in [6.45, 7) is 12.4. The summed E-state index contributed by atoms with van der Waals surface area (Å²) in [6.07, 6.45) is 2.25. The van der Waals surface area contributed by atoms with Gasteiger partial charge in [0.15, 0.2) is 0 Å². The Morgan fingerprint density at radius 1 is 1.20 bits per heavy atom. The SMILES string of the molecule is CCN(CC)CCCCNC(=O)C(C)C. The summed E-state index contributed by atoms with van der Waals surface area (Å²) in [4.78, 5) is 13.6. The van der Waals surface area contributed by atoms with Crippen LogP contribution in [0.4, 0.5) is 0 Å². The minimum absolute atomic E-state index is 0.104. The number of carbonyl (C=O) groups excluding carboxylic acids is 1. The van der Waals surface area contributed by atoms with Gasteiger partial charge in [0.2, 0.25) is 5.91 Å². The molecule has 90 valence electrons. The molecule has 0 saturated carbocycles. The number of nitrogens with one attached hydrogen (secondary N) is 1. The number of hydrogen-bond acceptors (Lipinski definition) is 2. The van der Waals surface area contributed by atoms with E-state index in [1.165, 1.54) is 6.42 Å². The Hall–Kier alpha value is -0.570. The van der Waals surface area contributed by atoms with Crippen molar-refractivity contribution in [2.45, 2.75) is 40.5 Å². The van der Waals surface area contributed by atoms with Crippen molar-refractivity contribution >= 4 is 5.91 Å². The zero-order valence-electron chi connectivity index (χ0n) is 10.7. The zero-order chi connectivity index (χ0) is 11.7. The van der Waals surface area contributed by atoms with Crippen LogP contribution in [-0.4, -0.2) is 37.0 Å². The van der Waals surface area contributed by atoms with Crippen LogP contribution in [0.5, 0.6) is 0 Å². The second-order valence-corrected chi connectivity index (χ2v) is 4.18. The van der Waals surface area contributed by atoms with Gasteiger partial charge in [0.05, 0.1) is 0 Å². The number of hydrogen-bond donors (Lipinski definition) is 1. The highest BCUT2D eigenvalue weighted by Gasteiger charge is 2.04. The molecule has 15 heavy (non-hydrogen) atoms. The van der Waals surface area contributed by atoms with Crippen LogP contribution in [0, 0.1) is 5.92 Å². The van der Waals surface area contributed by atoms with Gasteiger partial charge in [-0.05, 0) is 32.5 Å². The quantitative estimate of drug-likeness (QED) is 0.626. The maximum absolute atomic E-state index is 11.2. The summed E-state index contributed by atoms with van der Waals surface area (Å²) in [5.74, 6) is 0.269. The van der Waals surface area contributed by atoms with Crippen LogP contribution in [0.2, 0.25) is 0 Å². The summed E-state index contributed by atoms with van der Waals surface area (Å²) in [5.41, 5.74) is 0. The van der Waals surface area contributed by atoms with Crippen molar-refractivity contribution in [3.63, 3.8) is 0 Å². The van der Waals surface area contributed by atoms with Crippen LogP contribution in [0.25, 0.3) is 0 Å². The van der Waals surface area contributed by atoms with E-state index >= 15 is 0 Å². The Kier molecular flexibility index (Phi) is 8.38. The molecule has 0 saturated heterocycles. The number of unbranched alkanes of at least 4 members (excludes halogenated alkanes) is 1. The van der Waals surface area contributed by atoms with E-state index in [2.05, 4.69) is 24.1 Å². The molecule has 0 aliphatic carbocycles. The molecule has 0 rings (SSSR count). The van der Waals surface area contributed by atoms with Crippen LogP contribution in [0.3, 0.4) is 0 Å². The summed E-state index contributed by atoms with van der Waals surface area (Å²) in [7, 11) is 0. The van der Waals surface area contributed by atoms with E-state index in [0.29, 0.717) is 0 Å². The van der Waals surface area contributed by atoms with Crippen molar-refractivity contribution in [3.05, 3.63) is 0 Å². The molecular formula is C12H26N2O. The normalized spacial score (nSPS) is 11.1. The second-order valence-electron chi connectivity index (χ2n) is 4.18. The first kappa shape index (κ1) is 14.4. The Morgan fingerprint density at radius 3 is 2.27 bits per heavy atom. The molecular weight excluding hydrogens is 188 g/mol. The average Bonchev–Trinajstić information content (AvgIpc) is 2.23. The lowest BCUT2D eigenvalue weighted by molar-refractivity contribution is -0.123. The van der Waals surface area contributed by atoms with Gasteiger partial charge in [0.1, 0.15) is 0 Å². The fourth-order valence-corrected chi connectivity index (χ4v) is 1.42. The van der Waals surface area contributed by atoms with Gasteiger partial charge in [-0.2, -0.15) is 0 Å². The number of carbonyl (C=O) groups is 1. The van der Waals surface area contributed by atoms with E-state index in [1.54, 1.807) is 0 Å². The predicted octanol–water partition coefficient (Wildman–Crippen LogP) is 1.88. The van der Waals surface area contributed by atoms with Gasteiger partial charge in [0, 0.05) is 12.5 Å². The third-order valence-corrected chi connectivity index (χ3v) is 2.62. The van der Waals surface area contributed by atoms with Gasteiger partial charge in [-0.15, -0.1) is 0 Å². The smallest absolute Gasteiger partial charge is 0.222 e. The number of rotatable bonds is 8. The van der Waals surface area contributed by atoms with E-state index in [-0.39, 0.29) is 11.8 Å². The molecule has 0 heterocycles. The van der Waals surface area contributed by atoms with Crippen molar-refractivity contribution in [1.29, 1.82) is 0 Å². The fourth-order valence-electron chi connectivity index (χ4n) is 1.42. The van der Waals surface area contributed by atoms with Crippen LogP contribution in [-0.2, 0) is 4.79 Å². The van der Waals surface area contributed by atoms with Gasteiger partial charge >= 0.3 is 0 Å². The summed E-state index contributed by atoms with van der Waals surface area (Å²) in [5, 5.41) is 2.93. The largest absolute Gasteiger partial charge is 0.356 e. The Bertz CT molecular complexity index is 165. The third-order valence-electron chi connectivity index (χ3n) is 2.62. The van der Waals surface area contributed by atoms with Gasteiger partial charge in [-0.3, -0.25) is 4.79 Å². The minimum atomic E-state index is 0.104. The molecule has 0 aromatic heterocycles. The molecule has 0 spiro atoms. The van der Waals surface area contributed by atoms with Crippen molar-refractivity contribution in [2.75, 3.05) is 26.2 Å². The van der Waals surface area contributed by atoms with Gasteiger partial charge in [-0.1, -0.05) is 27.7 Å².